The molecule has 142 valence electrons. The maximum absolute atomic E-state index is 12.6. The number of carbonyl (C=O) groups excluding carboxylic acids is 1. The molecule has 3 heterocycles. The molecule has 0 aliphatic rings. The van der Waals surface area contributed by atoms with Crippen LogP contribution >= 0.6 is 11.3 Å². The number of nitrogens with zero attached hydrogens (tertiary/aromatic N) is 3. The first kappa shape index (κ1) is 17.9. The van der Waals surface area contributed by atoms with Gasteiger partial charge in [-0.2, -0.15) is 0 Å². The summed E-state index contributed by atoms with van der Waals surface area (Å²) in [5, 5.41) is 0.719. The second kappa shape index (κ2) is 6.89. The fraction of sp³-hybridized carbons (Fsp3) is 0.167. The van der Waals surface area contributed by atoms with Crippen molar-refractivity contribution in [2.24, 2.45) is 0 Å². The third kappa shape index (κ3) is 3.03. The van der Waals surface area contributed by atoms with Crippen LogP contribution in [-0.2, 0) is 17.8 Å². The topological polar surface area (TPSA) is 119 Å². The van der Waals surface area contributed by atoms with E-state index in [0.717, 1.165) is 20.5 Å². The zero-order valence-corrected chi connectivity index (χ0v) is 15.6. The maximum atomic E-state index is 12.6. The molecule has 0 radical (unpaired) electrons. The summed E-state index contributed by atoms with van der Waals surface area (Å²) in [6.45, 7) is 1.61. The lowest BCUT2D eigenvalue weighted by Gasteiger charge is -2.11. The SMILES string of the molecule is CCc1cc2c(=O)n(NC(=O)Cn3c(=O)[nH]c(=O)c4ccccc43)cnc2s1. The minimum absolute atomic E-state index is 0.292. The normalized spacial score (nSPS) is 11.2. The highest BCUT2D eigenvalue weighted by Gasteiger charge is 2.13. The van der Waals surface area contributed by atoms with Gasteiger partial charge in [-0.15, -0.1) is 11.3 Å². The molecule has 0 fully saturated rings. The summed E-state index contributed by atoms with van der Waals surface area (Å²) >= 11 is 1.43. The fourth-order valence-corrected chi connectivity index (χ4v) is 3.86. The summed E-state index contributed by atoms with van der Waals surface area (Å²) in [5.74, 6) is -0.603. The van der Waals surface area contributed by atoms with Gasteiger partial charge in [0.2, 0.25) is 0 Å². The summed E-state index contributed by atoms with van der Waals surface area (Å²) in [5.41, 5.74) is 1.15. The van der Waals surface area contributed by atoms with Gasteiger partial charge in [0.25, 0.3) is 17.0 Å². The molecule has 0 unspecified atom stereocenters. The van der Waals surface area contributed by atoms with Crippen molar-refractivity contribution in [1.82, 2.24) is 19.2 Å². The lowest BCUT2D eigenvalue weighted by molar-refractivity contribution is -0.117. The lowest BCUT2D eigenvalue weighted by atomic mass is 10.2. The van der Waals surface area contributed by atoms with E-state index in [-0.39, 0.29) is 6.54 Å². The molecule has 3 aromatic heterocycles. The number of amides is 1. The first-order valence-electron chi connectivity index (χ1n) is 8.49. The number of hydrogen-bond donors (Lipinski definition) is 2. The van der Waals surface area contributed by atoms with Gasteiger partial charge < -0.3 is 0 Å². The standard InChI is InChI=1S/C18H15N5O4S/c1-2-10-7-12-16(28-10)19-9-23(17(12)26)21-14(24)8-22-13-6-4-3-5-11(13)15(25)20-18(22)27/h3-7,9H,2,8H2,1H3,(H,21,24)(H,20,25,27). The van der Waals surface area contributed by atoms with E-state index in [1.165, 1.54) is 17.7 Å². The van der Waals surface area contributed by atoms with Gasteiger partial charge in [0.05, 0.1) is 16.3 Å². The quantitative estimate of drug-likeness (QED) is 0.528. The van der Waals surface area contributed by atoms with Gasteiger partial charge in [0.15, 0.2) is 0 Å². The monoisotopic (exact) mass is 397 g/mol. The second-order valence-corrected chi connectivity index (χ2v) is 7.22. The molecule has 4 rings (SSSR count). The highest BCUT2D eigenvalue weighted by atomic mass is 32.1. The molecule has 9 nitrogen and oxygen atoms in total. The van der Waals surface area contributed by atoms with Crippen LogP contribution in [0.4, 0.5) is 0 Å². The molecular formula is C18H15N5O4S. The first-order valence-corrected chi connectivity index (χ1v) is 9.31. The Morgan fingerprint density at radius 1 is 1.21 bits per heavy atom. The highest BCUT2D eigenvalue weighted by Crippen LogP contribution is 2.20. The minimum atomic E-state index is -0.704. The summed E-state index contributed by atoms with van der Waals surface area (Å²) < 4.78 is 2.14. The van der Waals surface area contributed by atoms with Crippen molar-refractivity contribution in [2.75, 3.05) is 5.43 Å². The Morgan fingerprint density at radius 2 is 2.00 bits per heavy atom. The number of aryl methyl sites for hydroxylation is 1. The van der Waals surface area contributed by atoms with E-state index in [0.29, 0.717) is 21.1 Å². The fourth-order valence-electron chi connectivity index (χ4n) is 2.94. The van der Waals surface area contributed by atoms with Crippen molar-refractivity contribution >= 4 is 38.4 Å². The van der Waals surface area contributed by atoms with Crippen molar-refractivity contribution in [3.05, 3.63) is 72.7 Å². The number of H-pyrrole nitrogens is 1. The van der Waals surface area contributed by atoms with Crippen LogP contribution in [0.25, 0.3) is 21.1 Å². The van der Waals surface area contributed by atoms with Crippen molar-refractivity contribution in [3.63, 3.8) is 0 Å². The van der Waals surface area contributed by atoms with E-state index in [4.69, 9.17) is 0 Å². The number of carbonyl (C=O) groups is 1. The second-order valence-electron chi connectivity index (χ2n) is 6.10. The van der Waals surface area contributed by atoms with Gasteiger partial charge >= 0.3 is 5.69 Å². The van der Waals surface area contributed by atoms with Crippen molar-refractivity contribution in [2.45, 2.75) is 19.9 Å². The predicted molar refractivity (Wildman–Crippen MR) is 106 cm³/mol. The van der Waals surface area contributed by atoms with E-state index < -0.39 is 22.7 Å². The van der Waals surface area contributed by atoms with Crippen LogP contribution in [0.2, 0.25) is 0 Å². The molecule has 0 saturated carbocycles. The van der Waals surface area contributed by atoms with E-state index in [1.807, 2.05) is 6.92 Å². The Kier molecular flexibility index (Phi) is 4.40. The number of aromatic nitrogens is 4. The van der Waals surface area contributed by atoms with Crippen molar-refractivity contribution in [1.29, 1.82) is 0 Å². The van der Waals surface area contributed by atoms with Gasteiger partial charge in [0, 0.05) is 4.88 Å². The third-order valence-electron chi connectivity index (χ3n) is 4.30. The van der Waals surface area contributed by atoms with Crippen molar-refractivity contribution < 1.29 is 4.79 Å². The van der Waals surface area contributed by atoms with Crippen LogP contribution < -0.4 is 22.2 Å². The molecule has 0 bridgehead atoms. The van der Waals surface area contributed by atoms with E-state index in [2.05, 4.69) is 15.4 Å². The highest BCUT2D eigenvalue weighted by molar-refractivity contribution is 7.18. The molecule has 0 aliphatic heterocycles. The van der Waals surface area contributed by atoms with E-state index in [9.17, 15) is 19.2 Å². The lowest BCUT2D eigenvalue weighted by Crippen LogP contribution is -2.38. The Balaban J connectivity index is 1.68. The van der Waals surface area contributed by atoms with Crippen LogP contribution in [0.1, 0.15) is 11.8 Å². The minimum Gasteiger partial charge on any atom is -0.284 e. The van der Waals surface area contributed by atoms with Crippen LogP contribution in [0.15, 0.2) is 51.0 Å². The van der Waals surface area contributed by atoms with E-state index in [1.54, 1.807) is 30.3 Å². The number of rotatable bonds is 4. The van der Waals surface area contributed by atoms with Gasteiger partial charge in [-0.1, -0.05) is 19.1 Å². The Hall–Kier alpha value is -3.53. The molecule has 0 atom stereocenters. The Bertz CT molecular complexity index is 1400. The summed E-state index contributed by atoms with van der Waals surface area (Å²) in [6, 6.07) is 8.24. The average Bonchev–Trinajstić information content (AvgIpc) is 3.12. The zero-order valence-electron chi connectivity index (χ0n) is 14.8. The molecule has 0 aliphatic carbocycles. The van der Waals surface area contributed by atoms with Crippen LogP contribution in [0.3, 0.4) is 0 Å². The predicted octanol–water partition coefficient (Wildman–Crippen LogP) is 0.794. The maximum Gasteiger partial charge on any atom is 0.329 e. The van der Waals surface area contributed by atoms with Crippen LogP contribution in [-0.4, -0.2) is 25.1 Å². The zero-order chi connectivity index (χ0) is 19.8. The largest absolute Gasteiger partial charge is 0.329 e. The van der Waals surface area contributed by atoms with Gasteiger partial charge in [-0.05, 0) is 24.6 Å². The van der Waals surface area contributed by atoms with E-state index >= 15 is 0 Å². The number of aromatic amines is 1. The molecule has 1 aromatic carbocycles. The smallest absolute Gasteiger partial charge is 0.284 e. The summed E-state index contributed by atoms with van der Waals surface area (Å²) in [6.07, 6.45) is 2.03. The van der Waals surface area contributed by atoms with Crippen molar-refractivity contribution in [3.8, 4) is 0 Å². The summed E-state index contributed by atoms with van der Waals surface area (Å²) in [4.78, 5) is 57.1. The van der Waals surface area contributed by atoms with Gasteiger partial charge in [-0.25, -0.2) is 14.5 Å². The molecular weight excluding hydrogens is 382 g/mol. The number of para-hydroxylation sites is 1. The molecule has 28 heavy (non-hydrogen) atoms. The Morgan fingerprint density at radius 3 is 2.79 bits per heavy atom. The molecule has 4 aromatic rings. The third-order valence-corrected chi connectivity index (χ3v) is 5.49. The average molecular weight is 397 g/mol. The number of benzene rings is 1. The van der Waals surface area contributed by atoms with Gasteiger partial charge in [0.1, 0.15) is 17.7 Å². The first-order chi connectivity index (χ1) is 13.5. The molecule has 0 saturated heterocycles. The number of hydrogen-bond acceptors (Lipinski definition) is 6. The van der Waals surface area contributed by atoms with Gasteiger partial charge in [-0.3, -0.25) is 29.4 Å². The van der Waals surface area contributed by atoms with Crippen LogP contribution in [0.5, 0.6) is 0 Å². The van der Waals surface area contributed by atoms with Crippen LogP contribution in [0, 0.1) is 0 Å². The molecule has 0 spiro atoms. The number of nitrogens with one attached hydrogen (secondary N) is 2. The molecule has 10 heteroatoms. The number of fused-ring (bicyclic) bond motifs is 2. The summed E-state index contributed by atoms with van der Waals surface area (Å²) in [7, 11) is 0. The Labute approximate surface area is 160 Å². The molecule has 2 N–H and O–H groups in total. The number of thiophene rings is 1. The molecule has 1 amide bonds.